The molecule has 1 aliphatic rings. The van der Waals surface area contributed by atoms with E-state index in [-0.39, 0.29) is 11.5 Å². The number of hydrogen-bond donors (Lipinski definition) is 0. The molecule has 5 heteroatoms. The van der Waals surface area contributed by atoms with Crippen molar-refractivity contribution < 1.29 is 18.1 Å². The van der Waals surface area contributed by atoms with Crippen LogP contribution in [0.15, 0.2) is 29.8 Å². The number of hydrogen-bond acceptors (Lipinski definition) is 2. The molecule has 0 saturated heterocycles. The number of benzene rings is 1. The van der Waals surface area contributed by atoms with E-state index in [1.807, 2.05) is 19.1 Å². The summed E-state index contributed by atoms with van der Waals surface area (Å²) >= 11 is 0. The van der Waals surface area contributed by atoms with Crippen molar-refractivity contribution in [1.82, 2.24) is 0 Å². The van der Waals surface area contributed by atoms with Gasteiger partial charge in [0.2, 0.25) is 0 Å². The smallest absolute Gasteiger partial charge is 0.504 e. The first kappa shape index (κ1) is 14.8. The number of unbranched alkanes of at least 4 members (excludes halogenated alkanes) is 1. The quantitative estimate of drug-likeness (QED) is 0.734. The number of fused-ring (bicyclic) bond motifs is 1. The number of allylic oxidation sites excluding steroid dienone is 1. The molecule has 0 spiro atoms. The Kier molecular flexibility index (Phi) is 4.93. The van der Waals surface area contributed by atoms with Crippen LogP contribution in [0.1, 0.15) is 43.7 Å². The highest BCUT2D eigenvalue weighted by atomic mass is 19.2. The van der Waals surface area contributed by atoms with E-state index in [0.717, 1.165) is 18.4 Å². The Balaban J connectivity index is 2.37. The molecule has 1 aliphatic carbocycles. The number of halogens is 2. The topological polar surface area (TPSA) is 26.3 Å². The van der Waals surface area contributed by atoms with Crippen molar-refractivity contribution in [3.05, 3.63) is 41.0 Å². The highest BCUT2D eigenvalue weighted by Gasteiger charge is 2.29. The van der Waals surface area contributed by atoms with Crippen LogP contribution in [0.4, 0.5) is 8.63 Å². The minimum Gasteiger partial charge on any atom is -0.504 e. The second kappa shape index (κ2) is 6.68. The molecule has 0 unspecified atom stereocenters. The second-order valence-corrected chi connectivity index (χ2v) is 4.87. The van der Waals surface area contributed by atoms with Crippen LogP contribution >= 0.6 is 0 Å². The molecule has 0 bridgehead atoms. The lowest BCUT2D eigenvalue weighted by Crippen LogP contribution is -2.17. The predicted molar refractivity (Wildman–Crippen MR) is 75.3 cm³/mol. The SMILES string of the molecule is CCCCC(=O)C1=C(OB(F)F)c2ccccc2CC1. The summed E-state index contributed by atoms with van der Waals surface area (Å²) in [6.45, 7) is 1.99. The molecule has 1 aromatic carbocycles. The highest BCUT2D eigenvalue weighted by Crippen LogP contribution is 2.34. The van der Waals surface area contributed by atoms with Gasteiger partial charge in [-0.2, -0.15) is 0 Å². The summed E-state index contributed by atoms with van der Waals surface area (Å²) in [6.07, 6.45) is 3.23. The molecular formula is C15H17BF2O2. The molecule has 0 N–H and O–H groups in total. The molecule has 0 atom stereocenters. The summed E-state index contributed by atoms with van der Waals surface area (Å²) in [5.74, 6) is -0.0000406. The van der Waals surface area contributed by atoms with Crippen molar-refractivity contribution in [2.75, 3.05) is 0 Å². The van der Waals surface area contributed by atoms with Crippen LogP contribution in [-0.2, 0) is 15.9 Å². The Bertz CT molecular complexity index is 526. The first-order chi connectivity index (χ1) is 9.63. The van der Waals surface area contributed by atoms with E-state index in [1.165, 1.54) is 0 Å². The van der Waals surface area contributed by atoms with Crippen LogP contribution in [0.3, 0.4) is 0 Å². The number of ketones is 1. The molecule has 2 nitrogen and oxygen atoms in total. The normalized spacial score (nSPS) is 13.9. The first-order valence-electron chi connectivity index (χ1n) is 6.93. The van der Waals surface area contributed by atoms with Gasteiger partial charge in [0, 0.05) is 17.6 Å². The van der Waals surface area contributed by atoms with Crippen LogP contribution < -0.4 is 0 Å². The largest absolute Gasteiger partial charge is 0.796 e. The van der Waals surface area contributed by atoms with Crippen molar-refractivity contribution in [2.24, 2.45) is 0 Å². The molecule has 0 aromatic heterocycles. The Morgan fingerprint density at radius 2 is 2.05 bits per heavy atom. The maximum atomic E-state index is 12.6. The maximum Gasteiger partial charge on any atom is 0.796 e. The standard InChI is InChI=1S/C15H17BF2O2/c1-2-3-8-14(19)13-10-9-11-6-4-5-7-12(11)15(13)20-16(17)18/h4-7H,2-3,8-10H2,1H3. The molecule has 20 heavy (non-hydrogen) atoms. The third-order valence-corrected chi connectivity index (χ3v) is 3.48. The Labute approximate surface area is 118 Å². The van der Waals surface area contributed by atoms with Gasteiger partial charge in [0.1, 0.15) is 5.76 Å². The van der Waals surface area contributed by atoms with Crippen molar-refractivity contribution in [3.63, 3.8) is 0 Å². The van der Waals surface area contributed by atoms with Crippen molar-refractivity contribution >= 4 is 19.0 Å². The van der Waals surface area contributed by atoms with E-state index in [2.05, 4.69) is 4.65 Å². The summed E-state index contributed by atoms with van der Waals surface area (Å²) < 4.78 is 29.9. The number of aryl methyl sites for hydroxylation is 1. The number of carbonyl (C=O) groups is 1. The first-order valence-corrected chi connectivity index (χ1v) is 6.93. The van der Waals surface area contributed by atoms with Crippen LogP contribution in [0.5, 0.6) is 0 Å². The number of carbonyl (C=O) groups excluding carboxylic acids is 1. The fourth-order valence-corrected chi connectivity index (χ4v) is 2.47. The molecule has 0 fully saturated rings. The molecule has 0 saturated carbocycles. The summed E-state index contributed by atoms with van der Waals surface area (Å²) in [7, 11) is -2.91. The molecule has 0 amide bonds. The molecule has 2 rings (SSSR count). The third-order valence-electron chi connectivity index (χ3n) is 3.48. The van der Waals surface area contributed by atoms with Crippen molar-refractivity contribution in [2.45, 2.75) is 39.0 Å². The molecule has 1 aromatic rings. The number of rotatable bonds is 6. The second-order valence-electron chi connectivity index (χ2n) is 4.87. The molecule has 0 heterocycles. The van der Waals surface area contributed by atoms with E-state index >= 15 is 0 Å². The van der Waals surface area contributed by atoms with E-state index in [0.29, 0.717) is 30.4 Å². The Morgan fingerprint density at radius 3 is 2.75 bits per heavy atom. The van der Waals surface area contributed by atoms with Crippen LogP contribution in [0.25, 0.3) is 5.76 Å². The van der Waals surface area contributed by atoms with Gasteiger partial charge >= 0.3 is 7.47 Å². The molecule has 106 valence electrons. The molecule has 0 aliphatic heterocycles. The summed E-state index contributed by atoms with van der Waals surface area (Å²) in [5.41, 5.74) is 1.99. The van der Waals surface area contributed by atoms with Gasteiger partial charge in [0.15, 0.2) is 5.78 Å². The summed E-state index contributed by atoms with van der Waals surface area (Å²) in [6, 6.07) is 7.26. The third kappa shape index (κ3) is 3.27. The predicted octanol–water partition coefficient (Wildman–Crippen LogP) is 4.04. The van der Waals surface area contributed by atoms with Crippen LogP contribution in [0.2, 0.25) is 0 Å². The van der Waals surface area contributed by atoms with Crippen molar-refractivity contribution in [1.29, 1.82) is 0 Å². The lowest BCUT2D eigenvalue weighted by Gasteiger charge is -2.22. The Hall–Kier alpha value is -1.65. The Morgan fingerprint density at radius 1 is 1.30 bits per heavy atom. The summed E-state index contributed by atoms with van der Waals surface area (Å²) in [4.78, 5) is 12.2. The van der Waals surface area contributed by atoms with Gasteiger partial charge in [-0.05, 0) is 24.8 Å². The zero-order valence-electron chi connectivity index (χ0n) is 11.5. The van der Waals surface area contributed by atoms with Crippen molar-refractivity contribution in [3.8, 4) is 0 Å². The van der Waals surface area contributed by atoms with Gasteiger partial charge < -0.3 is 4.65 Å². The fourth-order valence-electron chi connectivity index (χ4n) is 2.47. The highest BCUT2D eigenvalue weighted by molar-refractivity contribution is 6.36. The van der Waals surface area contributed by atoms with Gasteiger partial charge in [0.25, 0.3) is 0 Å². The van der Waals surface area contributed by atoms with E-state index < -0.39 is 7.47 Å². The lowest BCUT2D eigenvalue weighted by molar-refractivity contribution is -0.115. The average Bonchev–Trinajstić information content (AvgIpc) is 2.44. The molecule has 0 radical (unpaired) electrons. The average molecular weight is 278 g/mol. The number of Topliss-reactive ketones (excluding diaryl/α,β-unsaturated/α-hetero) is 1. The zero-order chi connectivity index (χ0) is 14.5. The molecular weight excluding hydrogens is 261 g/mol. The van der Waals surface area contributed by atoms with E-state index in [1.54, 1.807) is 12.1 Å². The monoisotopic (exact) mass is 278 g/mol. The van der Waals surface area contributed by atoms with Crippen LogP contribution in [-0.4, -0.2) is 13.3 Å². The van der Waals surface area contributed by atoms with E-state index in [4.69, 9.17) is 0 Å². The van der Waals surface area contributed by atoms with Gasteiger partial charge in [-0.15, -0.1) is 0 Å². The minimum atomic E-state index is -2.91. The van der Waals surface area contributed by atoms with Gasteiger partial charge in [0.05, 0.1) is 0 Å². The minimum absolute atomic E-state index is 0.0722. The van der Waals surface area contributed by atoms with Crippen LogP contribution in [0, 0.1) is 0 Å². The fraction of sp³-hybridized carbons (Fsp3) is 0.400. The maximum absolute atomic E-state index is 12.6. The van der Waals surface area contributed by atoms with Gasteiger partial charge in [-0.3, -0.25) is 4.79 Å². The van der Waals surface area contributed by atoms with Gasteiger partial charge in [-0.25, -0.2) is 8.63 Å². The lowest BCUT2D eigenvalue weighted by atomic mass is 9.87. The summed E-state index contributed by atoms with van der Waals surface area (Å²) in [5, 5.41) is 0. The zero-order valence-corrected chi connectivity index (χ0v) is 11.5. The van der Waals surface area contributed by atoms with Gasteiger partial charge in [-0.1, -0.05) is 37.6 Å². The van der Waals surface area contributed by atoms with E-state index in [9.17, 15) is 13.4 Å².